The number of carbonyl (C=O) groups is 1. The molecule has 0 aliphatic heterocycles. The van der Waals surface area contributed by atoms with Crippen LogP contribution < -0.4 is 4.74 Å². The molecule has 4 heteroatoms. The Hall–Kier alpha value is -1.04. The minimum absolute atomic E-state index is 0.126. The number of halogens is 1. The average molecular weight is 345 g/mol. The van der Waals surface area contributed by atoms with Crippen LogP contribution in [-0.2, 0) is 11.3 Å². The van der Waals surface area contributed by atoms with E-state index in [9.17, 15) is 4.79 Å². The molecule has 0 N–H and O–H groups in total. The van der Waals surface area contributed by atoms with Gasteiger partial charge in [-0.2, -0.15) is 0 Å². The van der Waals surface area contributed by atoms with Gasteiger partial charge in [0.2, 0.25) is 5.91 Å². The normalized spacial score (nSPS) is 9.76. The third kappa shape index (κ3) is 4.38. The van der Waals surface area contributed by atoms with Crippen molar-refractivity contribution in [3.63, 3.8) is 0 Å². The number of carbonyl (C=O) groups excluding carboxylic acids is 1. The number of ether oxygens (including phenoxy) is 1. The molecule has 1 rings (SSSR count). The van der Waals surface area contributed by atoms with Crippen molar-refractivity contribution in [2.45, 2.75) is 6.54 Å². The van der Waals surface area contributed by atoms with Crippen LogP contribution in [0.15, 0.2) is 36.9 Å². The summed E-state index contributed by atoms with van der Waals surface area (Å²) in [6.07, 6.45) is 1.74. The van der Waals surface area contributed by atoms with E-state index < -0.39 is 0 Å². The Bertz CT molecular complexity index is 376. The first-order chi connectivity index (χ1) is 8.21. The molecule has 0 unspecified atom stereocenters. The van der Waals surface area contributed by atoms with E-state index in [-0.39, 0.29) is 5.91 Å². The molecule has 0 spiro atoms. The summed E-state index contributed by atoms with van der Waals surface area (Å²) >= 11 is 2.08. The quantitative estimate of drug-likeness (QED) is 0.451. The topological polar surface area (TPSA) is 29.5 Å². The lowest BCUT2D eigenvalue weighted by Crippen LogP contribution is -2.31. The summed E-state index contributed by atoms with van der Waals surface area (Å²) in [7, 11) is 1.64. The molecule has 0 atom stereocenters. The Balaban J connectivity index is 2.71. The first-order valence-electron chi connectivity index (χ1n) is 5.28. The van der Waals surface area contributed by atoms with Gasteiger partial charge in [-0.25, -0.2) is 0 Å². The molecule has 1 amide bonds. The maximum Gasteiger partial charge on any atom is 0.232 e. The third-order valence-corrected chi connectivity index (χ3v) is 3.00. The van der Waals surface area contributed by atoms with Gasteiger partial charge in [-0.05, 0) is 17.7 Å². The minimum Gasteiger partial charge on any atom is -0.497 e. The van der Waals surface area contributed by atoms with E-state index in [1.807, 2.05) is 24.3 Å². The van der Waals surface area contributed by atoms with Crippen molar-refractivity contribution in [2.24, 2.45) is 0 Å². The van der Waals surface area contributed by atoms with Crippen molar-refractivity contribution in [3.05, 3.63) is 42.5 Å². The zero-order chi connectivity index (χ0) is 12.7. The lowest BCUT2D eigenvalue weighted by atomic mass is 10.2. The Labute approximate surface area is 116 Å². The Morgan fingerprint density at radius 2 is 2.12 bits per heavy atom. The van der Waals surface area contributed by atoms with E-state index >= 15 is 0 Å². The Morgan fingerprint density at radius 1 is 1.47 bits per heavy atom. The van der Waals surface area contributed by atoms with Gasteiger partial charge in [0, 0.05) is 13.1 Å². The average Bonchev–Trinajstić information content (AvgIpc) is 2.38. The molecule has 0 saturated carbocycles. The lowest BCUT2D eigenvalue weighted by molar-refractivity contribution is -0.128. The van der Waals surface area contributed by atoms with Crippen LogP contribution in [0.4, 0.5) is 0 Å². The number of rotatable bonds is 6. The van der Waals surface area contributed by atoms with Crippen LogP contribution in [0.25, 0.3) is 0 Å². The van der Waals surface area contributed by atoms with Crippen molar-refractivity contribution in [1.29, 1.82) is 0 Å². The van der Waals surface area contributed by atoms with Crippen LogP contribution in [0.5, 0.6) is 5.75 Å². The Kier molecular flexibility index (Phi) is 6.04. The van der Waals surface area contributed by atoms with Crippen LogP contribution in [-0.4, -0.2) is 28.9 Å². The van der Waals surface area contributed by atoms with Gasteiger partial charge in [0.15, 0.2) is 0 Å². The van der Waals surface area contributed by atoms with E-state index in [0.717, 1.165) is 11.3 Å². The summed E-state index contributed by atoms with van der Waals surface area (Å²) in [5, 5.41) is 0. The van der Waals surface area contributed by atoms with E-state index in [0.29, 0.717) is 17.5 Å². The number of methoxy groups -OCH3 is 1. The highest BCUT2D eigenvalue weighted by molar-refractivity contribution is 14.1. The fourth-order valence-corrected chi connectivity index (χ4v) is 1.93. The molecular formula is C13H16INO2. The summed E-state index contributed by atoms with van der Waals surface area (Å²) in [6, 6.07) is 7.73. The highest BCUT2D eigenvalue weighted by Crippen LogP contribution is 2.13. The molecule has 0 aromatic heterocycles. The number of hydrogen-bond acceptors (Lipinski definition) is 2. The van der Waals surface area contributed by atoms with E-state index in [1.165, 1.54) is 0 Å². The summed E-state index contributed by atoms with van der Waals surface area (Å²) in [4.78, 5) is 13.5. The fraction of sp³-hybridized carbons (Fsp3) is 0.308. The number of hydrogen-bond donors (Lipinski definition) is 0. The smallest absolute Gasteiger partial charge is 0.232 e. The van der Waals surface area contributed by atoms with Crippen LogP contribution >= 0.6 is 22.6 Å². The molecule has 17 heavy (non-hydrogen) atoms. The maximum absolute atomic E-state index is 11.7. The van der Waals surface area contributed by atoms with Gasteiger partial charge < -0.3 is 9.64 Å². The van der Waals surface area contributed by atoms with E-state index in [1.54, 1.807) is 18.1 Å². The van der Waals surface area contributed by atoms with E-state index in [2.05, 4.69) is 29.2 Å². The minimum atomic E-state index is 0.126. The molecular weight excluding hydrogens is 329 g/mol. The summed E-state index contributed by atoms with van der Waals surface area (Å²) in [5.41, 5.74) is 1.09. The SMILES string of the molecule is C=CCN(Cc1ccc(OC)cc1)C(=O)CI. The standard InChI is InChI=1S/C13H16INO2/c1-3-8-15(13(16)9-14)10-11-4-6-12(17-2)7-5-11/h3-7H,1,8-10H2,2H3. The molecule has 1 aromatic carbocycles. The second kappa shape index (κ2) is 7.32. The van der Waals surface area contributed by atoms with Gasteiger partial charge >= 0.3 is 0 Å². The molecule has 0 aliphatic carbocycles. The fourth-order valence-electron chi connectivity index (χ4n) is 1.45. The van der Waals surface area contributed by atoms with Gasteiger partial charge in [-0.15, -0.1) is 6.58 Å². The summed E-state index contributed by atoms with van der Waals surface area (Å²) < 4.78 is 5.58. The van der Waals surface area contributed by atoms with Gasteiger partial charge in [-0.3, -0.25) is 4.79 Å². The second-order valence-corrected chi connectivity index (χ2v) is 4.31. The second-order valence-electron chi connectivity index (χ2n) is 3.54. The predicted molar refractivity (Wildman–Crippen MR) is 77.5 cm³/mol. The molecule has 0 bridgehead atoms. The van der Waals surface area contributed by atoms with Crippen LogP contribution in [0.1, 0.15) is 5.56 Å². The van der Waals surface area contributed by atoms with Gasteiger partial charge in [0.1, 0.15) is 5.75 Å². The van der Waals surface area contributed by atoms with Gasteiger partial charge in [-0.1, -0.05) is 40.8 Å². The Morgan fingerprint density at radius 3 is 2.59 bits per heavy atom. The van der Waals surface area contributed by atoms with E-state index in [4.69, 9.17) is 4.74 Å². The number of amides is 1. The summed E-state index contributed by atoms with van der Waals surface area (Å²) in [6.45, 7) is 4.86. The van der Waals surface area contributed by atoms with Crippen molar-refractivity contribution in [1.82, 2.24) is 4.90 Å². The van der Waals surface area contributed by atoms with Gasteiger partial charge in [0.25, 0.3) is 0 Å². The first kappa shape index (κ1) is 14.0. The first-order valence-corrected chi connectivity index (χ1v) is 6.81. The van der Waals surface area contributed by atoms with Crippen molar-refractivity contribution >= 4 is 28.5 Å². The van der Waals surface area contributed by atoms with Gasteiger partial charge in [0.05, 0.1) is 11.5 Å². The lowest BCUT2D eigenvalue weighted by Gasteiger charge is -2.20. The van der Waals surface area contributed by atoms with Crippen LogP contribution in [0.3, 0.4) is 0 Å². The zero-order valence-corrected chi connectivity index (χ0v) is 12.0. The number of nitrogens with zero attached hydrogens (tertiary/aromatic N) is 1. The number of alkyl halides is 1. The molecule has 3 nitrogen and oxygen atoms in total. The largest absolute Gasteiger partial charge is 0.497 e. The molecule has 0 aliphatic rings. The predicted octanol–water partition coefficient (Wildman–Crippen LogP) is 2.64. The van der Waals surface area contributed by atoms with Crippen LogP contribution in [0.2, 0.25) is 0 Å². The number of benzene rings is 1. The van der Waals surface area contributed by atoms with Crippen molar-refractivity contribution in [2.75, 3.05) is 18.1 Å². The molecule has 92 valence electrons. The third-order valence-electron chi connectivity index (χ3n) is 2.35. The van der Waals surface area contributed by atoms with Crippen LogP contribution in [0, 0.1) is 0 Å². The highest BCUT2D eigenvalue weighted by atomic mass is 127. The molecule has 0 radical (unpaired) electrons. The molecule has 1 aromatic rings. The molecule has 0 fully saturated rings. The monoisotopic (exact) mass is 345 g/mol. The summed E-state index contributed by atoms with van der Waals surface area (Å²) in [5.74, 6) is 0.950. The molecule has 0 heterocycles. The molecule has 0 saturated heterocycles. The van der Waals surface area contributed by atoms with Crippen molar-refractivity contribution < 1.29 is 9.53 Å². The maximum atomic E-state index is 11.7. The van der Waals surface area contributed by atoms with Crippen molar-refractivity contribution in [3.8, 4) is 5.75 Å². The zero-order valence-electron chi connectivity index (χ0n) is 9.86. The highest BCUT2D eigenvalue weighted by Gasteiger charge is 2.10.